The first-order valence-corrected chi connectivity index (χ1v) is 18.4. The normalized spacial score (nSPS) is 12.7. The molecular formula is C39H70N2O3. The average molecular weight is 615 g/mol. The van der Waals surface area contributed by atoms with E-state index >= 15 is 0 Å². The van der Waals surface area contributed by atoms with E-state index in [9.17, 15) is 9.59 Å². The first kappa shape index (κ1) is 41.9. The molecule has 5 nitrogen and oxygen atoms in total. The number of esters is 1. The van der Waals surface area contributed by atoms with Crippen LogP contribution in [0.2, 0.25) is 0 Å². The van der Waals surface area contributed by atoms with Crippen molar-refractivity contribution in [2.75, 3.05) is 13.2 Å². The van der Waals surface area contributed by atoms with Gasteiger partial charge in [-0.1, -0.05) is 133 Å². The molecule has 44 heavy (non-hydrogen) atoms. The van der Waals surface area contributed by atoms with Crippen LogP contribution in [0.5, 0.6) is 0 Å². The van der Waals surface area contributed by atoms with Crippen LogP contribution in [0.4, 0.5) is 0 Å². The quantitative estimate of drug-likeness (QED) is 0.0449. The Kier molecular flexibility index (Phi) is 33.6. The first-order valence-electron chi connectivity index (χ1n) is 18.4. The highest BCUT2D eigenvalue weighted by Crippen LogP contribution is 2.10. The molecule has 3 N–H and O–H groups in total. The molecule has 0 aliphatic heterocycles. The molecule has 0 saturated carbocycles. The van der Waals surface area contributed by atoms with Crippen molar-refractivity contribution in [3.63, 3.8) is 0 Å². The lowest BCUT2D eigenvalue weighted by atomic mass is 10.1. The summed E-state index contributed by atoms with van der Waals surface area (Å²) in [4.78, 5) is 24.6. The molecule has 0 aliphatic rings. The summed E-state index contributed by atoms with van der Waals surface area (Å²) in [5.74, 6) is -0.528. The molecule has 0 rings (SSSR count). The Morgan fingerprint density at radius 3 is 1.43 bits per heavy atom. The second-order valence-electron chi connectivity index (χ2n) is 12.1. The number of allylic oxidation sites excluding steroid dienone is 8. The zero-order valence-corrected chi connectivity index (χ0v) is 28.9. The smallest absolute Gasteiger partial charge is 0.329 e. The molecule has 0 aromatic heterocycles. The number of ether oxygens (including phenoxy) is 1. The molecule has 1 atom stereocenters. The summed E-state index contributed by atoms with van der Waals surface area (Å²) in [6.07, 6.45) is 45.5. The summed E-state index contributed by atoms with van der Waals surface area (Å²) in [5.41, 5.74) is 5.74. The van der Waals surface area contributed by atoms with E-state index < -0.39 is 12.0 Å². The van der Waals surface area contributed by atoms with Gasteiger partial charge in [0, 0.05) is 13.0 Å². The van der Waals surface area contributed by atoms with E-state index in [2.05, 4.69) is 67.8 Å². The molecule has 1 amide bonds. The van der Waals surface area contributed by atoms with Crippen LogP contribution in [0, 0.1) is 0 Å². The minimum absolute atomic E-state index is 0.0659. The lowest BCUT2D eigenvalue weighted by Gasteiger charge is -2.16. The van der Waals surface area contributed by atoms with E-state index in [1.165, 1.54) is 83.5 Å². The van der Waals surface area contributed by atoms with E-state index in [1.807, 2.05) is 0 Å². The van der Waals surface area contributed by atoms with Crippen molar-refractivity contribution in [2.24, 2.45) is 5.73 Å². The van der Waals surface area contributed by atoms with Crippen LogP contribution < -0.4 is 11.1 Å². The van der Waals surface area contributed by atoms with Crippen molar-refractivity contribution >= 4 is 11.9 Å². The maximum absolute atomic E-state index is 12.3. The molecule has 1 unspecified atom stereocenters. The van der Waals surface area contributed by atoms with E-state index in [1.54, 1.807) is 0 Å². The van der Waals surface area contributed by atoms with Crippen LogP contribution in [0.15, 0.2) is 48.6 Å². The largest absolute Gasteiger partial charge is 0.464 e. The van der Waals surface area contributed by atoms with Crippen LogP contribution >= 0.6 is 0 Å². The zero-order chi connectivity index (χ0) is 32.2. The Bertz CT molecular complexity index is 756. The van der Waals surface area contributed by atoms with Gasteiger partial charge in [-0.3, -0.25) is 4.79 Å². The van der Waals surface area contributed by atoms with Gasteiger partial charge in [0.25, 0.3) is 0 Å². The molecule has 0 radical (unpaired) electrons. The number of nitrogens with two attached hydrogens (primary N) is 1. The fourth-order valence-electron chi connectivity index (χ4n) is 4.94. The molecular weight excluding hydrogens is 544 g/mol. The van der Waals surface area contributed by atoms with E-state index in [4.69, 9.17) is 10.5 Å². The maximum Gasteiger partial charge on any atom is 0.329 e. The van der Waals surface area contributed by atoms with Crippen LogP contribution in [-0.2, 0) is 14.3 Å². The minimum atomic E-state index is -0.745. The number of unbranched alkanes of at least 4 members (excludes halogenated alkanes) is 17. The van der Waals surface area contributed by atoms with Crippen LogP contribution in [0.1, 0.15) is 168 Å². The zero-order valence-electron chi connectivity index (χ0n) is 28.9. The van der Waals surface area contributed by atoms with Gasteiger partial charge >= 0.3 is 5.97 Å². The Morgan fingerprint density at radius 2 is 0.977 bits per heavy atom. The molecule has 5 heteroatoms. The second kappa shape index (κ2) is 35.3. The van der Waals surface area contributed by atoms with Crippen molar-refractivity contribution in [1.29, 1.82) is 0 Å². The van der Waals surface area contributed by atoms with Gasteiger partial charge < -0.3 is 15.8 Å². The lowest BCUT2D eigenvalue weighted by molar-refractivity contribution is -0.147. The highest BCUT2D eigenvalue weighted by molar-refractivity contribution is 5.84. The summed E-state index contributed by atoms with van der Waals surface area (Å²) in [6, 6.07) is -0.745. The fourth-order valence-corrected chi connectivity index (χ4v) is 4.94. The van der Waals surface area contributed by atoms with E-state index in [-0.39, 0.29) is 12.5 Å². The van der Waals surface area contributed by atoms with Gasteiger partial charge in [0.2, 0.25) is 5.91 Å². The van der Waals surface area contributed by atoms with Gasteiger partial charge in [0.1, 0.15) is 6.04 Å². The molecule has 0 aliphatic carbocycles. The summed E-state index contributed by atoms with van der Waals surface area (Å²) in [7, 11) is 0. The molecule has 0 saturated heterocycles. The van der Waals surface area contributed by atoms with Crippen molar-refractivity contribution in [1.82, 2.24) is 5.32 Å². The Balaban J connectivity index is 3.64. The third-order valence-corrected chi connectivity index (χ3v) is 7.80. The third kappa shape index (κ3) is 31.3. The number of carbonyl (C=O) groups is 2. The molecule has 0 aromatic rings. The SMILES string of the molecule is CCCCC/C=C\C/C=C\CCCCCCCCOC(=O)C(CN)NC(=O)CCCCCCC/C=C\C/C=C\CCCCC. The second-order valence-corrected chi connectivity index (χ2v) is 12.1. The molecule has 0 aromatic carbocycles. The Morgan fingerprint density at radius 1 is 0.568 bits per heavy atom. The van der Waals surface area contributed by atoms with Crippen molar-refractivity contribution < 1.29 is 14.3 Å². The Hall–Kier alpha value is -2.14. The maximum atomic E-state index is 12.3. The summed E-state index contributed by atoms with van der Waals surface area (Å²) < 4.78 is 5.39. The van der Waals surface area contributed by atoms with Gasteiger partial charge in [0.05, 0.1) is 6.61 Å². The number of amides is 1. The standard InChI is InChI=1S/C39H70N2O3/c1-3-5-7-9-11-13-15-17-19-21-23-25-27-29-31-33-35-44-39(43)37(36-40)41-38(42)34-32-30-28-26-24-22-20-18-16-14-12-10-8-6-4-2/h11-14,17-20,37H,3-10,15-16,21-36,40H2,1-2H3,(H,41,42)/b13-11-,14-12-,19-17-,20-18-. The lowest BCUT2D eigenvalue weighted by Crippen LogP contribution is -2.46. The molecule has 0 bridgehead atoms. The van der Waals surface area contributed by atoms with Gasteiger partial charge in [-0.15, -0.1) is 0 Å². The number of carbonyl (C=O) groups excluding carboxylic acids is 2. The Labute approximate surface area is 272 Å². The van der Waals surface area contributed by atoms with Crippen molar-refractivity contribution in [2.45, 2.75) is 174 Å². The van der Waals surface area contributed by atoms with Crippen LogP contribution in [-0.4, -0.2) is 31.1 Å². The highest BCUT2D eigenvalue weighted by atomic mass is 16.5. The molecule has 254 valence electrons. The van der Waals surface area contributed by atoms with E-state index in [0.29, 0.717) is 13.0 Å². The number of hydrogen-bond acceptors (Lipinski definition) is 4. The van der Waals surface area contributed by atoms with Crippen LogP contribution in [0.3, 0.4) is 0 Å². The average Bonchev–Trinajstić information content (AvgIpc) is 3.03. The van der Waals surface area contributed by atoms with Gasteiger partial charge in [-0.2, -0.15) is 0 Å². The van der Waals surface area contributed by atoms with Gasteiger partial charge in [-0.05, 0) is 77.0 Å². The monoisotopic (exact) mass is 615 g/mol. The predicted molar refractivity (Wildman–Crippen MR) is 191 cm³/mol. The molecule has 0 heterocycles. The summed E-state index contributed by atoms with van der Waals surface area (Å²) in [5, 5.41) is 2.76. The van der Waals surface area contributed by atoms with Crippen LogP contribution in [0.25, 0.3) is 0 Å². The molecule has 0 spiro atoms. The highest BCUT2D eigenvalue weighted by Gasteiger charge is 2.20. The molecule has 0 fully saturated rings. The summed E-state index contributed by atoms with van der Waals surface area (Å²) in [6.45, 7) is 4.94. The topological polar surface area (TPSA) is 81.4 Å². The number of hydrogen-bond donors (Lipinski definition) is 2. The predicted octanol–water partition coefficient (Wildman–Crippen LogP) is 10.6. The summed E-state index contributed by atoms with van der Waals surface area (Å²) >= 11 is 0. The number of nitrogens with one attached hydrogen (secondary N) is 1. The number of rotatable bonds is 32. The first-order chi connectivity index (χ1) is 21.7. The third-order valence-electron chi connectivity index (χ3n) is 7.80. The minimum Gasteiger partial charge on any atom is -0.464 e. The van der Waals surface area contributed by atoms with E-state index in [0.717, 1.165) is 64.2 Å². The van der Waals surface area contributed by atoms with Gasteiger partial charge in [-0.25, -0.2) is 4.79 Å². The van der Waals surface area contributed by atoms with Gasteiger partial charge in [0.15, 0.2) is 0 Å². The fraction of sp³-hybridized carbons (Fsp3) is 0.744. The van der Waals surface area contributed by atoms with Crippen molar-refractivity contribution in [3.05, 3.63) is 48.6 Å². The van der Waals surface area contributed by atoms with Crippen molar-refractivity contribution in [3.8, 4) is 0 Å².